The van der Waals surface area contributed by atoms with Gasteiger partial charge in [-0.05, 0) is 0 Å². The van der Waals surface area contributed by atoms with E-state index in [-0.39, 0.29) is 12.2 Å². The Kier molecular flexibility index (Phi) is 26.6. The number of hydrogen-bond donors (Lipinski definition) is 0. The quantitative estimate of drug-likeness (QED) is 0.0736. The van der Waals surface area contributed by atoms with Gasteiger partial charge < -0.3 is 0 Å². The van der Waals surface area contributed by atoms with Crippen molar-refractivity contribution in [2.24, 2.45) is 0 Å². The van der Waals surface area contributed by atoms with Gasteiger partial charge in [0, 0.05) is 0 Å². The van der Waals surface area contributed by atoms with Crippen LogP contribution in [0.25, 0.3) is 0 Å². The maximum atomic E-state index is 6.34. The molecule has 5 heteroatoms. The summed E-state index contributed by atoms with van der Waals surface area (Å²) in [5, 5.41) is 0. The maximum absolute atomic E-state index is 6.34. The van der Waals surface area contributed by atoms with Crippen LogP contribution in [0.3, 0.4) is 0 Å². The van der Waals surface area contributed by atoms with E-state index in [4.69, 9.17) is 13.3 Å². The third-order valence-corrected chi connectivity index (χ3v) is 10.4. The Hall–Kier alpha value is 0.554. The first-order valence-electron chi connectivity index (χ1n) is 15.6. The van der Waals surface area contributed by atoms with Crippen LogP contribution >= 0.6 is 0 Å². The van der Waals surface area contributed by atoms with Crippen molar-refractivity contribution in [1.82, 2.24) is 0 Å². The van der Waals surface area contributed by atoms with Crippen LogP contribution in [0.15, 0.2) is 0 Å². The molecule has 0 saturated carbocycles. The molecule has 0 unspecified atom stereocenters. The van der Waals surface area contributed by atoms with Crippen LogP contribution in [0, 0.1) is 0 Å². The van der Waals surface area contributed by atoms with Crippen molar-refractivity contribution in [3.05, 3.63) is 0 Å². The standard InChI is InChI=1S/2C12H25O.2C3H7O.Ti/c2*1-2-3-4-5-6-7-8-9-10-11-12-13;2*1-3(2)4;/h2*2-12H2,1H3;2*3H,1-2H3;/q4*-1;+4. The molecule has 0 aliphatic carbocycles. The van der Waals surface area contributed by atoms with Crippen molar-refractivity contribution >= 4 is 0 Å². The van der Waals surface area contributed by atoms with Crippen molar-refractivity contribution < 1.29 is 31.4 Å². The molecule has 212 valence electrons. The van der Waals surface area contributed by atoms with E-state index < -0.39 is 18.1 Å². The molecule has 35 heavy (non-hydrogen) atoms. The molecule has 0 radical (unpaired) electrons. The average molecular weight is 537 g/mol. The van der Waals surface area contributed by atoms with Gasteiger partial charge in [-0.2, -0.15) is 0 Å². The zero-order valence-electron chi connectivity index (χ0n) is 24.8. The Morgan fingerprint density at radius 3 is 0.914 bits per heavy atom. The summed E-state index contributed by atoms with van der Waals surface area (Å²) < 4.78 is 25.2. The van der Waals surface area contributed by atoms with Gasteiger partial charge in [0.25, 0.3) is 0 Å². The third kappa shape index (κ3) is 24.6. The second kappa shape index (κ2) is 26.2. The van der Waals surface area contributed by atoms with E-state index in [1.807, 2.05) is 0 Å². The molecule has 0 fully saturated rings. The Morgan fingerprint density at radius 2 is 0.657 bits per heavy atom. The van der Waals surface area contributed by atoms with Gasteiger partial charge >= 0.3 is 213 Å². The summed E-state index contributed by atoms with van der Waals surface area (Å²) in [4.78, 5) is 0. The van der Waals surface area contributed by atoms with Gasteiger partial charge in [0.15, 0.2) is 0 Å². The molecule has 0 saturated heterocycles. The van der Waals surface area contributed by atoms with E-state index in [1.165, 1.54) is 116 Å². The molecule has 0 atom stereocenters. The molecular formula is C30H64O4Ti. The molecule has 0 heterocycles. The second-order valence-corrected chi connectivity index (χ2v) is 14.1. The zero-order chi connectivity index (χ0) is 26.0. The van der Waals surface area contributed by atoms with E-state index in [0.717, 1.165) is 12.8 Å². The molecule has 0 aromatic rings. The number of unbranched alkanes of at least 4 members (excludes halogenated alkanes) is 18. The van der Waals surface area contributed by atoms with Crippen molar-refractivity contribution in [1.29, 1.82) is 0 Å². The van der Waals surface area contributed by atoms with Gasteiger partial charge in [0.05, 0.1) is 0 Å². The Balaban J connectivity index is 4.16. The predicted molar refractivity (Wildman–Crippen MR) is 148 cm³/mol. The normalized spacial score (nSPS) is 12.3. The van der Waals surface area contributed by atoms with Gasteiger partial charge in [-0.3, -0.25) is 0 Å². The molecule has 0 spiro atoms. The Bertz CT molecular complexity index is 379. The van der Waals surface area contributed by atoms with Crippen LogP contribution in [0.1, 0.15) is 170 Å². The number of hydrogen-bond acceptors (Lipinski definition) is 4. The third-order valence-electron chi connectivity index (χ3n) is 6.31. The predicted octanol–water partition coefficient (Wildman–Crippen LogP) is 10.5. The molecule has 0 aliphatic heterocycles. The Morgan fingerprint density at radius 1 is 0.400 bits per heavy atom. The van der Waals surface area contributed by atoms with Crippen LogP contribution in [0.5, 0.6) is 0 Å². The van der Waals surface area contributed by atoms with Gasteiger partial charge in [0.1, 0.15) is 0 Å². The zero-order valence-corrected chi connectivity index (χ0v) is 26.4. The summed E-state index contributed by atoms with van der Waals surface area (Å²) in [5.41, 5.74) is 0. The molecular weight excluding hydrogens is 472 g/mol. The van der Waals surface area contributed by atoms with Crippen LogP contribution in [0.4, 0.5) is 0 Å². The summed E-state index contributed by atoms with van der Waals surface area (Å²) in [5.74, 6) is 0. The minimum absolute atomic E-state index is 0.0502. The summed E-state index contributed by atoms with van der Waals surface area (Å²) >= 11 is -3.72. The van der Waals surface area contributed by atoms with E-state index in [1.54, 1.807) is 0 Å². The fourth-order valence-electron chi connectivity index (χ4n) is 4.36. The fraction of sp³-hybridized carbons (Fsp3) is 1.00. The van der Waals surface area contributed by atoms with Gasteiger partial charge in [0.2, 0.25) is 0 Å². The monoisotopic (exact) mass is 536 g/mol. The van der Waals surface area contributed by atoms with E-state index in [0.29, 0.717) is 13.2 Å². The first kappa shape index (κ1) is 35.6. The summed E-state index contributed by atoms with van der Waals surface area (Å²) in [6.07, 6.45) is 26.6. The molecule has 0 amide bonds. The molecule has 0 aromatic carbocycles. The summed E-state index contributed by atoms with van der Waals surface area (Å²) in [6, 6.07) is 0. The molecule has 0 rings (SSSR count). The first-order valence-corrected chi connectivity index (χ1v) is 18.1. The second-order valence-electron chi connectivity index (χ2n) is 10.9. The Labute approximate surface area is 226 Å². The summed E-state index contributed by atoms with van der Waals surface area (Å²) in [6.45, 7) is 14.1. The van der Waals surface area contributed by atoms with Crippen LogP contribution in [0.2, 0.25) is 0 Å². The fourth-order valence-corrected chi connectivity index (χ4v) is 8.03. The molecule has 0 aliphatic rings. The topological polar surface area (TPSA) is 36.9 Å². The molecule has 0 aromatic heterocycles. The van der Waals surface area contributed by atoms with Crippen molar-refractivity contribution in [3.63, 3.8) is 0 Å². The van der Waals surface area contributed by atoms with Gasteiger partial charge in [-0.25, -0.2) is 0 Å². The van der Waals surface area contributed by atoms with E-state index in [9.17, 15) is 0 Å². The van der Waals surface area contributed by atoms with Crippen molar-refractivity contribution in [2.75, 3.05) is 13.2 Å². The van der Waals surface area contributed by atoms with E-state index in [2.05, 4.69) is 41.5 Å². The van der Waals surface area contributed by atoms with Crippen molar-refractivity contribution in [2.45, 2.75) is 182 Å². The molecule has 0 N–H and O–H groups in total. The van der Waals surface area contributed by atoms with Crippen LogP contribution in [-0.4, -0.2) is 25.4 Å². The van der Waals surface area contributed by atoms with Gasteiger partial charge in [-0.1, -0.05) is 13.8 Å². The molecule has 0 bridgehead atoms. The van der Waals surface area contributed by atoms with Gasteiger partial charge in [-0.15, -0.1) is 0 Å². The summed E-state index contributed by atoms with van der Waals surface area (Å²) in [7, 11) is 0. The van der Waals surface area contributed by atoms with E-state index >= 15 is 0 Å². The first-order chi connectivity index (χ1) is 17.0. The number of rotatable bonds is 28. The van der Waals surface area contributed by atoms with Crippen molar-refractivity contribution in [3.8, 4) is 0 Å². The average Bonchev–Trinajstić information content (AvgIpc) is 2.80. The SMILES string of the molecule is CCCCCCCCCCCC[O][Ti]([O]CCCCCCCCCCCC)([O]C(C)C)[O]C(C)C. The molecule has 4 nitrogen and oxygen atoms in total. The van der Waals surface area contributed by atoms with Crippen LogP contribution in [-0.2, 0) is 31.4 Å². The minimum atomic E-state index is -3.72. The van der Waals surface area contributed by atoms with Crippen LogP contribution < -0.4 is 0 Å².